The number of carbonyl (C=O) groups excluding carboxylic acids is 1. The second-order valence-electron chi connectivity index (χ2n) is 4.96. The molecule has 1 saturated carbocycles. The summed E-state index contributed by atoms with van der Waals surface area (Å²) in [6.45, 7) is 0.754. The number of benzene rings is 1. The van der Waals surface area contributed by atoms with E-state index in [0.717, 1.165) is 25.0 Å². The number of carboxylic acid groups (broad SMARTS) is 1. The van der Waals surface area contributed by atoms with Crippen molar-refractivity contribution in [2.24, 2.45) is 5.92 Å². The van der Waals surface area contributed by atoms with Crippen molar-refractivity contribution in [2.45, 2.75) is 12.8 Å². The maximum atomic E-state index is 13.5. The molecule has 1 fully saturated rings. The quantitative estimate of drug-likeness (QED) is 0.818. The van der Waals surface area contributed by atoms with Gasteiger partial charge >= 0.3 is 12.0 Å². The summed E-state index contributed by atoms with van der Waals surface area (Å²) in [5.41, 5.74) is -0.244. The Hall–Kier alpha value is -2.55. The van der Waals surface area contributed by atoms with Crippen LogP contribution in [0.1, 0.15) is 23.2 Å². The Balaban J connectivity index is 2.05. The summed E-state index contributed by atoms with van der Waals surface area (Å²) >= 11 is 0. The van der Waals surface area contributed by atoms with Crippen LogP contribution in [0, 0.1) is 24.1 Å². The third-order valence-electron chi connectivity index (χ3n) is 3.20. The van der Waals surface area contributed by atoms with E-state index in [9.17, 15) is 14.0 Å². The molecule has 0 spiro atoms. The lowest BCUT2D eigenvalue weighted by Gasteiger charge is -2.20. The molecule has 110 valence electrons. The number of carbonyl (C=O) groups is 2. The number of terminal acetylenes is 1. The van der Waals surface area contributed by atoms with E-state index in [0.29, 0.717) is 12.5 Å². The number of carboxylic acids is 1. The number of aromatic carboxylic acids is 1. The van der Waals surface area contributed by atoms with Crippen LogP contribution in [-0.4, -0.2) is 35.1 Å². The van der Waals surface area contributed by atoms with Crippen LogP contribution in [0.15, 0.2) is 18.2 Å². The zero-order chi connectivity index (χ0) is 15.4. The van der Waals surface area contributed by atoms with Crippen LogP contribution in [0.2, 0.25) is 0 Å². The fraction of sp³-hybridized carbons (Fsp3) is 0.333. The molecule has 21 heavy (non-hydrogen) atoms. The van der Waals surface area contributed by atoms with Crippen LogP contribution < -0.4 is 5.32 Å². The van der Waals surface area contributed by atoms with Gasteiger partial charge in [-0.15, -0.1) is 6.42 Å². The summed E-state index contributed by atoms with van der Waals surface area (Å²) in [6.07, 6.45) is 7.40. The first kappa shape index (κ1) is 14.9. The Morgan fingerprint density at radius 2 is 2.19 bits per heavy atom. The molecule has 0 aromatic heterocycles. The summed E-state index contributed by atoms with van der Waals surface area (Å²) in [5.74, 6) is 0.647. The first-order valence-corrected chi connectivity index (χ1v) is 6.53. The number of hydrogen-bond donors (Lipinski definition) is 2. The second-order valence-corrected chi connectivity index (χ2v) is 4.96. The second kappa shape index (κ2) is 6.27. The highest BCUT2D eigenvalue weighted by Crippen LogP contribution is 2.29. The van der Waals surface area contributed by atoms with Gasteiger partial charge in [-0.3, -0.25) is 0 Å². The van der Waals surface area contributed by atoms with E-state index in [2.05, 4.69) is 11.2 Å². The highest BCUT2D eigenvalue weighted by atomic mass is 19.1. The number of hydrogen-bond acceptors (Lipinski definition) is 2. The zero-order valence-electron chi connectivity index (χ0n) is 11.3. The molecule has 0 atom stereocenters. The first-order chi connectivity index (χ1) is 10.0. The minimum atomic E-state index is -1.35. The molecule has 6 heteroatoms. The van der Waals surface area contributed by atoms with E-state index in [-0.39, 0.29) is 12.2 Å². The number of urea groups is 1. The smallest absolute Gasteiger partial charge is 0.338 e. The lowest BCUT2D eigenvalue weighted by Crippen LogP contribution is -2.36. The number of nitrogens with zero attached hydrogens (tertiary/aromatic N) is 1. The predicted molar refractivity (Wildman–Crippen MR) is 75.5 cm³/mol. The third kappa shape index (κ3) is 3.96. The lowest BCUT2D eigenvalue weighted by atomic mass is 10.2. The molecular weight excluding hydrogens is 275 g/mol. The van der Waals surface area contributed by atoms with Gasteiger partial charge in [0.1, 0.15) is 5.82 Å². The Labute approximate surface area is 121 Å². The molecule has 5 nitrogen and oxygen atoms in total. The number of nitrogens with one attached hydrogen (secondary N) is 1. The molecule has 1 aromatic rings. The van der Waals surface area contributed by atoms with Crippen LogP contribution in [-0.2, 0) is 0 Å². The van der Waals surface area contributed by atoms with E-state index in [4.69, 9.17) is 11.5 Å². The Morgan fingerprint density at radius 1 is 1.48 bits per heavy atom. The van der Waals surface area contributed by atoms with Crippen molar-refractivity contribution in [3.63, 3.8) is 0 Å². The van der Waals surface area contributed by atoms with Crippen molar-refractivity contribution in [2.75, 3.05) is 18.4 Å². The van der Waals surface area contributed by atoms with Gasteiger partial charge in [-0.1, -0.05) is 5.92 Å². The Bertz CT molecular complexity index is 605. The number of rotatable bonds is 5. The maximum Gasteiger partial charge on any atom is 0.338 e. The van der Waals surface area contributed by atoms with E-state index in [1.165, 1.54) is 11.0 Å². The molecule has 1 aliphatic carbocycles. The van der Waals surface area contributed by atoms with Gasteiger partial charge in [0.2, 0.25) is 0 Å². The Kier molecular flexibility index (Phi) is 4.43. The highest BCUT2D eigenvalue weighted by molar-refractivity contribution is 5.92. The normalized spacial score (nSPS) is 13.3. The highest BCUT2D eigenvalue weighted by Gasteiger charge is 2.26. The zero-order valence-corrected chi connectivity index (χ0v) is 11.3. The summed E-state index contributed by atoms with van der Waals surface area (Å²) in [7, 11) is 0. The molecule has 0 unspecified atom stereocenters. The third-order valence-corrected chi connectivity index (χ3v) is 3.20. The van der Waals surface area contributed by atoms with Crippen LogP contribution >= 0.6 is 0 Å². The van der Waals surface area contributed by atoms with Gasteiger partial charge in [-0.2, -0.15) is 0 Å². The average molecular weight is 290 g/mol. The molecule has 1 aromatic carbocycles. The van der Waals surface area contributed by atoms with Crippen LogP contribution in [0.5, 0.6) is 0 Å². The number of halogens is 1. The van der Waals surface area contributed by atoms with Gasteiger partial charge in [0.05, 0.1) is 12.1 Å². The lowest BCUT2D eigenvalue weighted by molar-refractivity contribution is 0.0692. The number of amides is 2. The molecule has 1 aliphatic rings. The van der Waals surface area contributed by atoms with Crippen molar-refractivity contribution in [1.29, 1.82) is 0 Å². The summed E-state index contributed by atoms with van der Waals surface area (Å²) in [6, 6.07) is 3.02. The van der Waals surface area contributed by atoms with Gasteiger partial charge in [-0.25, -0.2) is 14.0 Å². The molecule has 0 saturated heterocycles. The molecule has 0 radical (unpaired) electrons. The summed E-state index contributed by atoms with van der Waals surface area (Å²) in [5, 5.41) is 11.3. The molecular formula is C15H15FN2O3. The SMILES string of the molecule is C#CCN(CC1CC1)C(=O)Nc1ccc(C(=O)O)c(F)c1. The first-order valence-electron chi connectivity index (χ1n) is 6.53. The standard InChI is InChI=1S/C15H15FN2O3/c1-2-7-18(9-10-3-4-10)15(21)17-11-5-6-12(14(19)20)13(16)8-11/h1,5-6,8,10H,3-4,7,9H2,(H,17,21)(H,19,20). The van der Waals surface area contributed by atoms with Crippen molar-refractivity contribution in [1.82, 2.24) is 4.90 Å². The largest absolute Gasteiger partial charge is 0.478 e. The van der Waals surface area contributed by atoms with E-state index < -0.39 is 23.4 Å². The van der Waals surface area contributed by atoms with Gasteiger partial charge in [0.15, 0.2) is 0 Å². The van der Waals surface area contributed by atoms with Crippen molar-refractivity contribution >= 4 is 17.7 Å². The topological polar surface area (TPSA) is 69.6 Å². The van der Waals surface area contributed by atoms with E-state index >= 15 is 0 Å². The van der Waals surface area contributed by atoms with Gasteiger partial charge in [0, 0.05) is 12.2 Å². The van der Waals surface area contributed by atoms with E-state index in [1.54, 1.807) is 0 Å². The van der Waals surface area contributed by atoms with Crippen molar-refractivity contribution in [3.8, 4) is 12.3 Å². The molecule has 0 heterocycles. The molecule has 0 bridgehead atoms. The van der Waals surface area contributed by atoms with Crippen LogP contribution in [0.4, 0.5) is 14.9 Å². The fourth-order valence-corrected chi connectivity index (χ4v) is 1.91. The predicted octanol–water partition coefficient (Wildman–Crippen LogP) is 2.40. The fourth-order valence-electron chi connectivity index (χ4n) is 1.91. The van der Waals surface area contributed by atoms with Gasteiger partial charge in [0.25, 0.3) is 0 Å². The molecule has 2 amide bonds. The summed E-state index contributed by atoms with van der Waals surface area (Å²) < 4.78 is 13.5. The van der Waals surface area contributed by atoms with Crippen LogP contribution in [0.3, 0.4) is 0 Å². The molecule has 2 N–H and O–H groups in total. The minimum absolute atomic E-state index is 0.179. The number of anilines is 1. The maximum absolute atomic E-state index is 13.5. The van der Waals surface area contributed by atoms with Crippen molar-refractivity contribution in [3.05, 3.63) is 29.6 Å². The van der Waals surface area contributed by atoms with Crippen LogP contribution in [0.25, 0.3) is 0 Å². The van der Waals surface area contributed by atoms with Crippen molar-refractivity contribution < 1.29 is 19.1 Å². The van der Waals surface area contributed by atoms with E-state index in [1.807, 2.05) is 0 Å². The molecule has 0 aliphatic heterocycles. The minimum Gasteiger partial charge on any atom is -0.478 e. The average Bonchev–Trinajstić information content (AvgIpc) is 3.21. The van der Waals surface area contributed by atoms with Gasteiger partial charge < -0.3 is 15.3 Å². The summed E-state index contributed by atoms with van der Waals surface area (Å²) in [4.78, 5) is 24.3. The monoisotopic (exact) mass is 290 g/mol. The van der Waals surface area contributed by atoms with Gasteiger partial charge in [-0.05, 0) is 37.0 Å². The Morgan fingerprint density at radius 3 is 2.71 bits per heavy atom. The molecule has 2 rings (SSSR count).